The lowest BCUT2D eigenvalue weighted by Gasteiger charge is -2.20. The SMILES string of the molecule is CNCc1cccc(C)c1OC1CCCCNC1=O. The van der Waals surface area contributed by atoms with E-state index < -0.39 is 0 Å². The molecule has 104 valence electrons. The van der Waals surface area contributed by atoms with Crippen molar-refractivity contribution in [3.63, 3.8) is 0 Å². The molecule has 19 heavy (non-hydrogen) atoms. The number of carbonyl (C=O) groups is 1. The smallest absolute Gasteiger partial charge is 0.261 e. The summed E-state index contributed by atoms with van der Waals surface area (Å²) in [6.45, 7) is 3.52. The Morgan fingerprint density at radius 3 is 3.05 bits per heavy atom. The molecule has 1 atom stereocenters. The van der Waals surface area contributed by atoms with Crippen molar-refractivity contribution in [2.45, 2.75) is 38.8 Å². The second-order valence-corrected chi connectivity index (χ2v) is 4.99. The maximum Gasteiger partial charge on any atom is 0.261 e. The van der Waals surface area contributed by atoms with Gasteiger partial charge >= 0.3 is 0 Å². The lowest BCUT2D eigenvalue weighted by molar-refractivity contribution is -0.127. The van der Waals surface area contributed by atoms with Crippen molar-refractivity contribution in [2.24, 2.45) is 0 Å². The Balaban J connectivity index is 2.19. The molecule has 0 radical (unpaired) electrons. The molecule has 1 saturated heterocycles. The molecule has 1 amide bonds. The zero-order valence-corrected chi connectivity index (χ0v) is 11.7. The number of nitrogens with one attached hydrogen (secondary N) is 2. The van der Waals surface area contributed by atoms with Crippen molar-refractivity contribution in [2.75, 3.05) is 13.6 Å². The molecule has 1 fully saturated rings. The molecule has 4 heteroatoms. The van der Waals surface area contributed by atoms with Crippen LogP contribution in [0.15, 0.2) is 18.2 Å². The molecular weight excluding hydrogens is 240 g/mol. The van der Waals surface area contributed by atoms with Gasteiger partial charge in [-0.1, -0.05) is 18.2 Å². The Morgan fingerprint density at radius 2 is 2.26 bits per heavy atom. The van der Waals surface area contributed by atoms with Crippen LogP contribution in [0.5, 0.6) is 5.75 Å². The van der Waals surface area contributed by atoms with Crippen LogP contribution in [0.3, 0.4) is 0 Å². The summed E-state index contributed by atoms with van der Waals surface area (Å²) in [6, 6.07) is 6.07. The second-order valence-electron chi connectivity index (χ2n) is 4.99. The zero-order chi connectivity index (χ0) is 13.7. The molecule has 1 aromatic rings. The fourth-order valence-corrected chi connectivity index (χ4v) is 2.38. The normalized spacial score (nSPS) is 19.7. The molecule has 0 spiro atoms. The van der Waals surface area contributed by atoms with Gasteiger partial charge in [0.1, 0.15) is 5.75 Å². The first-order chi connectivity index (χ1) is 9.22. The van der Waals surface area contributed by atoms with E-state index in [1.807, 2.05) is 32.2 Å². The minimum atomic E-state index is -0.362. The average molecular weight is 262 g/mol. The van der Waals surface area contributed by atoms with Gasteiger partial charge in [-0.15, -0.1) is 0 Å². The third kappa shape index (κ3) is 3.47. The van der Waals surface area contributed by atoms with E-state index in [-0.39, 0.29) is 12.0 Å². The van der Waals surface area contributed by atoms with Gasteiger partial charge in [0.25, 0.3) is 5.91 Å². The summed E-state index contributed by atoms with van der Waals surface area (Å²) in [5.74, 6) is 0.857. The van der Waals surface area contributed by atoms with Crippen LogP contribution < -0.4 is 15.4 Å². The summed E-state index contributed by atoms with van der Waals surface area (Å²) in [5.41, 5.74) is 2.17. The summed E-state index contributed by atoms with van der Waals surface area (Å²) >= 11 is 0. The number of carbonyl (C=O) groups excluding carboxylic acids is 1. The second kappa shape index (κ2) is 6.57. The number of aryl methyl sites for hydroxylation is 1. The Bertz CT molecular complexity index is 446. The number of rotatable bonds is 4. The molecule has 0 aliphatic carbocycles. The molecule has 2 rings (SSSR count). The Morgan fingerprint density at radius 1 is 1.42 bits per heavy atom. The predicted octanol–water partition coefficient (Wildman–Crippen LogP) is 1.76. The molecular formula is C15H22N2O2. The van der Waals surface area contributed by atoms with E-state index in [0.29, 0.717) is 0 Å². The van der Waals surface area contributed by atoms with Crippen LogP contribution >= 0.6 is 0 Å². The van der Waals surface area contributed by atoms with Crippen LogP contribution in [-0.2, 0) is 11.3 Å². The first-order valence-corrected chi connectivity index (χ1v) is 6.90. The van der Waals surface area contributed by atoms with Crippen molar-refractivity contribution in [3.05, 3.63) is 29.3 Å². The summed E-state index contributed by atoms with van der Waals surface area (Å²) < 4.78 is 6.01. The zero-order valence-electron chi connectivity index (χ0n) is 11.7. The molecule has 1 heterocycles. The summed E-state index contributed by atoms with van der Waals surface area (Å²) in [6.07, 6.45) is 2.48. The van der Waals surface area contributed by atoms with Crippen molar-refractivity contribution >= 4 is 5.91 Å². The van der Waals surface area contributed by atoms with E-state index in [9.17, 15) is 4.79 Å². The fraction of sp³-hybridized carbons (Fsp3) is 0.533. The molecule has 0 aromatic heterocycles. The van der Waals surface area contributed by atoms with E-state index in [2.05, 4.69) is 10.6 Å². The highest BCUT2D eigenvalue weighted by Crippen LogP contribution is 2.26. The molecule has 2 N–H and O–H groups in total. The highest BCUT2D eigenvalue weighted by Gasteiger charge is 2.23. The van der Waals surface area contributed by atoms with Gasteiger partial charge in [-0.3, -0.25) is 4.79 Å². The van der Waals surface area contributed by atoms with Crippen LogP contribution in [0.25, 0.3) is 0 Å². The Labute approximate surface area is 114 Å². The molecule has 1 aliphatic heterocycles. The number of para-hydroxylation sites is 1. The summed E-state index contributed by atoms with van der Waals surface area (Å²) in [5, 5.41) is 6.04. The number of hydrogen-bond acceptors (Lipinski definition) is 3. The topological polar surface area (TPSA) is 50.4 Å². The molecule has 4 nitrogen and oxygen atoms in total. The van der Waals surface area contributed by atoms with Crippen LogP contribution in [0.2, 0.25) is 0 Å². The monoisotopic (exact) mass is 262 g/mol. The molecule has 1 unspecified atom stereocenters. The minimum Gasteiger partial charge on any atom is -0.480 e. The van der Waals surface area contributed by atoms with E-state index in [1.54, 1.807) is 0 Å². The molecule has 0 saturated carbocycles. The van der Waals surface area contributed by atoms with Gasteiger partial charge in [0, 0.05) is 18.7 Å². The number of ether oxygens (including phenoxy) is 1. The molecule has 0 bridgehead atoms. The lowest BCUT2D eigenvalue weighted by Crippen LogP contribution is -2.36. The first-order valence-electron chi connectivity index (χ1n) is 6.90. The van der Waals surface area contributed by atoms with Crippen LogP contribution in [0.4, 0.5) is 0 Å². The highest BCUT2D eigenvalue weighted by atomic mass is 16.5. The number of amides is 1. The Hall–Kier alpha value is -1.55. The molecule has 1 aromatic carbocycles. The maximum absolute atomic E-state index is 11.9. The minimum absolute atomic E-state index is 0.0103. The van der Waals surface area contributed by atoms with Crippen LogP contribution in [0.1, 0.15) is 30.4 Å². The van der Waals surface area contributed by atoms with Gasteiger partial charge in [-0.05, 0) is 38.8 Å². The quantitative estimate of drug-likeness (QED) is 0.869. The predicted molar refractivity (Wildman–Crippen MR) is 75.2 cm³/mol. The van der Waals surface area contributed by atoms with Gasteiger partial charge in [0.2, 0.25) is 0 Å². The van der Waals surface area contributed by atoms with Crippen molar-refractivity contribution in [1.29, 1.82) is 0 Å². The van der Waals surface area contributed by atoms with Crippen LogP contribution in [-0.4, -0.2) is 25.6 Å². The van der Waals surface area contributed by atoms with E-state index >= 15 is 0 Å². The van der Waals surface area contributed by atoms with E-state index in [4.69, 9.17) is 4.74 Å². The van der Waals surface area contributed by atoms with Crippen molar-refractivity contribution < 1.29 is 9.53 Å². The Kier molecular flexibility index (Phi) is 4.80. The van der Waals surface area contributed by atoms with E-state index in [0.717, 1.165) is 49.2 Å². The van der Waals surface area contributed by atoms with Gasteiger partial charge in [0.15, 0.2) is 6.10 Å². The van der Waals surface area contributed by atoms with Gasteiger partial charge in [-0.2, -0.15) is 0 Å². The summed E-state index contributed by atoms with van der Waals surface area (Å²) in [4.78, 5) is 11.9. The third-order valence-corrected chi connectivity index (χ3v) is 3.41. The number of hydrogen-bond donors (Lipinski definition) is 2. The van der Waals surface area contributed by atoms with Crippen LogP contribution in [0, 0.1) is 6.92 Å². The fourth-order valence-electron chi connectivity index (χ4n) is 2.38. The lowest BCUT2D eigenvalue weighted by atomic mass is 10.1. The average Bonchev–Trinajstić information content (AvgIpc) is 2.59. The third-order valence-electron chi connectivity index (χ3n) is 3.41. The van der Waals surface area contributed by atoms with Gasteiger partial charge < -0.3 is 15.4 Å². The van der Waals surface area contributed by atoms with Crippen molar-refractivity contribution in [3.8, 4) is 5.75 Å². The van der Waals surface area contributed by atoms with Gasteiger partial charge in [0.05, 0.1) is 0 Å². The summed E-state index contributed by atoms with van der Waals surface area (Å²) in [7, 11) is 1.91. The first kappa shape index (κ1) is 13.9. The highest BCUT2D eigenvalue weighted by molar-refractivity contribution is 5.81. The standard InChI is InChI=1S/C15H22N2O2/c1-11-6-5-7-12(10-16-2)14(11)19-13-8-3-4-9-17-15(13)18/h5-7,13,16H,3-4,8-10H2,1-2H3,(H,17,18). The molecule has 1 aliphatic rings. The van der Waals surface area contributed by atoms with Crippen molar-refractivity contribution in [1.82, 2.24) is 10.6 Å². The van der Waals surface area contributed by atoms with E-state index in [1.165, 1.54) is 0 Å². The largest absolute Gasteiger partial charge is 0.480 e. The number of benzene rings is 1. The van der Waals surface area contributed by atoms with Gasteiger partial charge in [-0.25, -0.2) is 0 Å². The maximum atomic E-state index is 11.9.